The first-order valence-electron chi connectivity index (χ1n) is 7.92. The van der Waals surface area contributed by atoms with Crippen LogP contribution in [0.3, 0.4) is 0 Å². The van der Waals surface area contributed by atoms with E-state index in [9.17, 15) is 4.79 Å². The summed E-state index contributed by atoms with van der Waals surface area (Å²) < 4.78 is 0. The molecule has 0 fully saturated rings. The Hall–Kier alpha value is -2.41. The summed E-state index contributed by atoms with van der Waals surface area (Å²) in [4.78, 5) is 26.3. The SMILES string of the molecule is CCc1nc2ccc(NC(=O)N(C)[C@@H](C)c3nc(C)cs3)cc2[nH]1. The number of hydrogen-bond acceptors (Lipinski definition) is 4. The number of aryl methyl sites for hydroxylation is 2. The van der Waals surface area contributed by atoms with Crippen LogP contribution in [0.5, 0.6) is 0 Å². The lowest BCUT2D eigenvalue weighted by atomic mass is 10.2. The number of aromatic amines is 1. The van der Waals surface area contributed by atoms with E-state index in [2.05, 4.69) is 27.2 Å². The van der Waals surface area contributed by atoms with Crippen LogP contribution in [0.25, 0.3) is 11.0 Å². The third kappa shape index (κ3) is 3.26. The number of carbonyl (C=O) groups excluding carboxylic acids is 1. The molecule has 6 nitrogen and oxygen atoms in total. The fourth-order valence-corrected chi connectivity index (χ4v) is 3.32. The van der Waals surface area contributed by atoms with Gasteiger partial charge in [-0.15, -0.1) is 11.3 Å². The maximum Gasteiger partial charge on any atom is 0.322 e. The molecule has 0 aliphatic carbocycles. The molecule has 2 amide bonds. The van der Waals surface area contributed by atoms with Crippen molar-refractivity contribution in [1.82, 2.24) is 19.9 Å². The second kappa shape index (κ2) is 6.60. The minimum Gasteiger partial charge on any atom is -0.342 e. The smallest absolute Gasteiger partial charge is 0.322 e. The van der Waals surface area contributed by atoms with Gasteiger partial charge in [0.25, 0.3) is 0 Å². The highest BCUT2D eigenvalue weighted by molar-refractivity contribution is 7.09. The number of nitrogens with zero attached hydrogens (tertiary/aromatic N) is 3. The molecule has 0 bridgehead atoms. The predicted octanol–water partition coefficient (Wildman–Crippen LogP) is 4.12. The lowest BCUT2D eigenvalue weighted by Crippen LogP contribution is -2.33. The first kappa shape index (κ1) is 16.4. The second-order valence-corrected chi connectivity index (χ2v) is 6.70. The number of benzene rings is 1. The molecule has 2 aromatic heterocycles. The quantitative estimate of drug-likeness (QED) is 0.748. The van der Waals surface area contributed by atoms with Gasteiger partial charge in [-0.3, -0.25) is 0 Å². The van der Waals surface area contributed by atoms with Crippen molar-refractivity contribution in [3.05, 3.63) is 40.1 Å². The minimum absolute atomic E-state index is 0.0775. The van der Waals surface area contributed by atoms with E-state index in [1.54, 1.807) is 23.3 Å². The van der Waals surface area contributed by atoms with Crippen molar-refractivity contribution in [2.75, 3.05) is 12.4 Å². The van der Waals surface area contributed by atoms with E-state index in [0.717, 1.165) is 39.7 Å². The molecule has 0 spiro atoms. The van der Waals surface area contributed by atoms with E-state index in [1.165, 1.54) is 0 Å². The van der Waals surface area contributed by atoms with Gasteiger partial charge in [0.15, 0.2) is 0 Å². The summed E-state index contributed by atoms with van der Waals surface area (Å²) in [6, 6.07) is 5.45. The average Bonchev–Trinajstić information content (AvgIpc) is 3.18. The van der Waals surface area contributed by atoms with E-state index in [0.29, 0.717) is 0 Å². The Balaban J connectivity index is 1.73. The average molecular weight is 343 g/mol. The number of H-pyrrole nitrogens is 1. The molecule has 24 heavy (non-hydrogen) atoms. The number of amides is 2. The zero-order chi connectivity index (χ0) is 17.3. The molecule has 0 aliphatic heterocycles. The number of aromatic nitrogens is 3. The Bertz CT molecular complexity index is 869. The fourth-order valence-electron chi connectivity index (χ4n) is 2.42. The molecule has 0 unspecified atom stereocenters. The Morgan fingerprint density at radius 1 is 1.42 bits per heavy atom. The van der Waals surface area contributed by atoms with Gasteiger partial charge < -0.3 is 15.2 Å². The number of carbonyl (C=O) groups is 1. The van der Waals surface area contributed by atoms with Crippen molar-refractivity contribution >= 4 is 34.1 Å². The molecule has 126 valence electrons. The van der Waals surface area contributed by atoms with Crippen LogP contribution in [-0.4, -0.2) is 32.9 Å². The lowest BCUT2D eigenvalue weighted by Gasteiger charge is -2.23. The first-order valence-corrected chi connectivity index (χ1v) is 8.80. The Labute approximate surface area is 144 Å². The summed E-state index contributed by atoms with van der Waals surface area (Å²) in [6.07, 6.45) is 0.851. The third-order valence-electron chi connectivity index (χ3n) is 4.01. The lowest BCUT2D eigenvalue weighted by molar-refractivity contribution is 0.208. The molecule has 1 atom stereocenters. The fraction of sp³-hybridized carbons (Fsp3) is 0.353. The van der Waals surface area contributed by atoms with Gasteiger partial charge in [-0.1, -0.05) is 6.92 Å². The standard InChI is InChI=1S/C17H21N5OS/c1-5-15-20-13-7-6-12(8-14(13)21-15)19-17(23)22(4)11(3)16-18-10(2)9-24-16/h6-9,11H,5H2,1-4H3,(H,19,23)(H,20,21)/t11-/m0/s1. The summed E-state index contributed by atoms with van der Waals surface area (Å²) in [5.74, 6) is 0.943. The van der Waals surface area contributed by atoms with Crippen LogP contribution in [0, 0.1) is 6.92 Å². The summed E-state index contributed by atoms with van der Waals surface area (Å²) in [7, 11) is 1.78. The topological polar surface area (TPSA) is 73.9 Å². The molecule has 2 N–H and O–H groups in total. The number of thiazole rings is 1. The van der Waals surface area contributed by atoms with Crippen molar-refractivity contribution in [1.29, 1.82) is 0 Å². The molecular weight excluding hydrogens is 322 g/mol. The number of nitrogens with one attached hydrogen (secondary N) is 2. The number of rotatable bonds is 4. The Morgan fingerprint density at radius 2 is 2.21 bits per heavy atom. The van der Waals surface area contributed by atoms with E-state index in [-0.39, 0.29) is 12.1 Å². The van der Waals surface area contributed by atoms with Crippen molar-refractivity contribution < 1.29 is 4.79 Å². The molecule has 0 radical (unpaired) electrons. The second-order valence-electron chi connectivity index (χ2n) is 5.81. The molecule has 7 heteroatoms. The largest absolute Gasteiger partial charge is 0.342 e. The van der Waals surface area contributed by atoms with Gasteiger partial charge in [-0.25, -0.2) is 14.8 Å². The van der Waals surface area contributed by atoms with E-state index in [1.807, 2.05) is 37.4 Å². The summed E-state index contributed by atoms with van der Waals surface area (Å²) in [5, 5.41) is 5.86. The molecule has 0 saturated carbocycles. The van der Waals surface area contributed by atoms with Gasteiger partial charge in [0.2, 0.25) is 0 Å². The zero-order valence-corrected chi connectivity index (χ0v) is 15.1. The molecule has 2 heterocycles. The number of urea groups is 1. The van der Waals surface area contributed by atoms with Crippen LogP contribution in [0.1, 0.15) is 36.4 Å². The number of imidazole rings is 1. The van der Waals surface area contributed by atoms with E-state index in [4.69, 9.17) is 0 Å². The van der Waals surface area contributed by atoms with Crippen LogP contribution in [0.4, 0.5) is 10.5 Å². The molecular formula is C17H21N5OS. The molecule has 0 aliphatic rings. The maximum absolute atomic E-state index is 12.5. The normalized spacial score (nSPS) is 12.3. The van der Waals surface area contributed by atoms with Crippen LogP contribution in [0.2, 0.25) is 0 Å². The third-order valence-corrected chi connectivity index (χ3v) is 5.15. The van der Waals surface area contributed by atoms with E-state index < -0.39 is 0 Å². The van der Waals surface area contributed by atoms with Crippen molar-refractivity contribution in [3.63, 3.8) is 0 Å². The zero-order valence-electron chi connectivity index (χ0n) is 14.3. The van der Waals surface area contributed by atoms with Gasteiger partial charge >= 0.3 is 6.03 Å². The van der Waals surface area contributed by atoms with E-state index >= 15 is 0 Å². The maximum atomic E-state index is 12.5. The highest BCUT2D eigenvalue weighted by Gasteiger charge is 2.20. The van der Waals surface area contributed by atoms with Gasteiger partial charge in [0.1, 0.15) is 10.8 Å². The molecule has 0 saturated heterocycles. The number of fused-ring (bicyclic) bond motifs is 1. The monoisotopic (exact) mass is 343 g/mol. The van der Waals surface area contributed by atoms with Crippen molar-refractivity contribution in [2.45, 2.75) is 33.2 Å². The van der Waals surface area contributed by atoms with Crippen molar-refractivity contribution in [2.24, 2.45) is 0 Å². The Morgan fingerprint density at radius 3 is 2.88 bits per heavy atom. The molecule has 3 rings (SSSR count). The molecule has 3 aromatic rings. The van der Waals surface area contributed by atoms with Crippen molar-refractivity contribution in [3.8, 4) is 0 Å². The number of anilines is 1. The predicted molar refractivity (Wildman–Crippen MR) is 97.5 cm³/mol. The van der Waals surface area contributed by atoms with Gasteiger partial charge in [-0.05, 0) is 32.0 Å². The summed E-state index contributed by atoms with van der Waals surface area (Å²) >= 11 is 1.57. The van der Waals surface area contributed by atoms with Crippen LogP contribution >= 0.6 is 11.3 Å². The van der Waals surface area contributed by atoms with Crippen LogP contribution < -0.4 is 5.32 Å². The van der Waals surface area contributed by atoms with Gasteiger partial charge in [0.05, 0.1) is 17.1 Å². The first-order chi connectivity index (χ1) is 11.5. The van der Waals surface area contributed by atoms with Crippen LogP contribution in [-0.2, 0) is 6.42 Å². The van der Waals surface area contributed by atoms with Gasteiger partial charge in [-0.2, -0.15) is 0 Å². The minimum atomic E-state index is -0.162. The highest BCUT2D eigenvalue weighted by Crippen LogP contribution is 2.24. The Kier molecular flexibility index (Phi) is 4.53. The highest BCUT2D eigenvalue weighted by atomic mass is 32.1. The van der Waals surface area contributed by atoms with Crippen LogP contribution in [0.15, 0.2) is 23.6 Å². The summed E-state index contributed by atoms with van der Waals surface area (Å²) in [6.45, 7) is 5.98. The van der Waals surface area contributed by atoms with Gasteiger partial charge in [0, 0.05) is 30.2 Å². The summed E-state index contributed by atoms with van der Waals surface area (Å²) in [5.41, 5.74) is 3.56. The molecule has 1 aromatic carbocycles. The number of hydrogen-bond donors (Lipinski definition) is 2.